The summed E-state index contributed by atoms with van der Waals surface area (Å²) < 4.78 is 0. The van der Waals surface area contributed by atoms with Gasteiger partial charge in [-0.05, 0) is 32.1 Å². The van der Waals surface area contributed by atoms with Crippen LogP contribution in [0.1, 0.15) is 213 Å². The first-order chi connectivity index (χ1) is 22.2. The van der Waals surface area contributed by atoms with Crippen molar-refractivity contribution in [1.29, 1.82) is 0 Å². The topological polar surface area (TPSA) is 69.6 Å². The molecule has 4 nitrogen and oxygen atoms in total. The van der Waals surface area contributed by atoms with Crippen LogP contribution < -0.4 is 5.32 Å². The first-order valence-corrected chi connectivity index (χ1v) is 20.0. The molecule has 266 valence electrons. The van der Waals surface area contributed by atoms with E-state index in [0.717, 1.165) is 25.7 Å². The van der Waals surface area contributed by atoms with Crippen LogP contribution in [0.4, 0.5) is 0 Å². The lowest BCUT2D eigenvalue weighted by molar-refractivity contribution is -0.123. The van der Waals surface area contributed by atoms with Crippen LogP contribution in [0.3, 0.4) is 0 Å². The summed E-state index contributed by atoms with van der Waals surface area (Å²) in [6.07, 6.45) is 46.8. The Morgan fingerprint density at radius 1 is 0.533 bits per heavy atom. The second-order valence-corrected chi connectivity index (χ2v) is 13.7. The third-order valence-electron chi connectivity index (χ3n) is 9.23. The Labute approximate surface area is 281 Å². The first kappa shape index (κ1) is 43.9. The van der Waals surface area contributed by atoms with Gasteiger partial charge in [-0.1, -0.05) is 199 Å². The summed E-state index contributed by atoms with van der Waals surface area (Å²) in [5.41, 5.74) is 0. The summed E-state index contributed by atoms with van der Waals surface area (Å²) in [6, 6.07) is -0.563. The average molecular weight is 634 g/mol. The minimum atomic E-state index is -0.679. The number of rotatable bonds is 36. The Morgan fingerprint density at radius 2 is 0.911 bits per heavy atom. The molecule has 4 heteroatoms. The summed E-state index contributed by atoms with van der Waals surface area (Å²) in [7, 11) is 0. The fraction of sp³-hybridized carbons (Fsp3) is 0.878. The van der Waals surface area contributed by atoms with Crippen molar-refractivity contribution in [2.45, 2.75) is 225 Å². The lowest BCUT2D eigenvalue weighted by Gasteiger charge is -2.22. The molecule has 0 fully saturated rings. The van der Waals surface area contributed by atoms with E-state index in [0.29, 0.717) is 19.3 Å². The summed E-state index contributed by atoms with van der Waals surface area (Å²) in [6.45, 7) is 4.32. The molecule has 0 radical (unpaired) electrons. The van der Waals surface area contributed by atoms with Gasteiger partial charge in [0.1, 0.15) is 0 Å². The molecule has 0 aliphatic carbocycles. The molecule has 0 aliphatic rings. The van der Waals surface area contributed by atoms with Gasteiger partial charge in [0.15, 0.2) is 0 Å². The van der Waals surface area contributed by atoms with Gasteiger partial charge in [-0.25, -0.2) is 0 Å². The largest absolute Gasteiger partial charge is 0.394 e. The van der Waals surface area contributed by atoms with E-state index in [1.807, 2.05) is 0 Å². The third-order valence-corrected chi connectivity index (χ3v) is 9.23. The zero-order chi connectivity index (χ0) is 32.9. The number of amides is 1. The minimum absolute atomic E-state index is 0.0973. The van der Waals surface area contributed by atoms with Crippen molar-refractivity contribution < 1.29 is 15.0 Å². The van der Waals surface area contributed by atoms with Gasteiger partial charge in [-0.2, -0.15) is 0 Å². The number of unbranched alkanes of at least 4 members (excludes halogenated alkanes) is 25. The lowest BCUT2D eigenvalue weighted by atomic mass is 10.0. The molecule has 1 amide bonds. The van der Waals surface area contributed by atoms with Gasteiger partial charge in [-0.15, -0.1) is 0 Å². The van der Waals surface area contributed by atoms with Gasteiger partial charge in [0.05, 0.1) is 18.8 Å². The van der Waals surface area contributed by atoms with Gasteiger partial charge < -0.3 is 15.5 Å². The molecular formula is C41H79NO3. The number of nitrogens with one attached hydrogen (secondary N) is 1. The van der Waals surface area contributed by atoms with Crippen molar-refractivity contribution in [3.05, 3.63) is 24.3 Å². The Kier molecular flexibility index (Phi) is 36.4. The Morgan fingerprint density at radius 3 is 1.33 bits per heavy atom. The smallest absolute Gasteiger partial charge is 0.220 e. The highest BCUT2D eigenvalue weighted by Crippen LogP contribution is 2.16. The quantitative estimate of drug-likeness (QED) is 0.0475. The van der Waals surface area contributed by atoms with E-state index in [1.54, 1.807) is 0 Å². The van der Waals surface area contributed by atoms with E-state index in [-0.39, 0.29) is 12.5 Å². The number of carbonyl (C=O) groups is 1. The van der Waals surface area contributed by atoms with Crippen molar-refractivity contribution in [2.24, 2.45) is 0 Å². The number of aliphatic hydroxyl groups is 2. The second kappa shape index (κ2) is 37.3. The van der Waals surface area contributed by atoms with Crippen LogP contribution in [-0.4, -0.2) is 34.9 Å². The molecule has 0 heterocycles. The predicted octanol–water partition coefficient (Wildman–Crippen LogP) is 12.1. The molecule has 0 aliphatic heterocycles. The van der Waals surface area contributed by atoms with Gasteiger partial charge in [0, 0.05) is 6.42 Å². The van der Waals surface area contributed by atoms with E-state index >= 15 is 0 Å². The van der Waals surface area contributed by atoms with Crippen LogP contribution in [0.2, 0.25) is 0 Å². The minimum Gasteiger partial charge on any atom is -0.394 e. The van der Waals surface area contributed by atoms with Crippen LogP contribution in [-0.2, 0) is 4.79 Å². The summed E-state index contributed by atoms with van der Waals surface area (Å²) in [5, 5.41) is 23.0. The number of hydrogen-bond acceptors (Lipinski definition) is 3. The lowest BCUT2D eigenvalue weighted by Crippen LogP contribution is -2.45. The van der Waals surface area contributed by atoms with E-state index in [4.69, 9.17) is 0 Å². The molecule has 0 rings (SSSR count). The zero-order valence-electron chi connectivity index (χ0n) is 30.4. The van der Waals surface area contributed by atoms with Crippen LogP contribution in [0.5, 0.6) is 0 Å². The summed E-state index contributed by atoms with van der Waals surface area (Å²) in [4.78, 5) is 12.3. The molecular weight excluding hydrogens is 554 g/mol. The van der Waals surface area contributed by atoms with Gasteiger partial charge >= 0.3 is 0 Å². The van der Waals surface area contributed by atoms with Crippen molar-refractivity contribution in [3.63, 3.8) is 0 Å². The second-order valence-electron chi connectivity index (χ2n) is 13.7. The molecule has 45 heavy (non-hydrogen) atoms. The average Bonchev–Trinajstić information content (AvgIpc) is 3.04. The molecule has 0 spiro atoms. The van der Waals surface area contributed by atoms with Crippen molar-refractivity contribution in [1.82, 2.24) is 5.32 Å². The third kappa shape index (κ3) is 34.0. The highest BCUT2D eigenvalue weighted by Gasteiger charge is 2.19. The molecule has 0 aromatic heterocycles. The number of allylic oxidation sites excluding steroid dienone is 4. The van der Waals surface area contributed by atoms with Crippen molar-refractivity contribution >= 4 is 5.91 Å². The molecule has 0 saturated carbocycles. The van der Waals surface area contributed by atoms with Crippen LogP contribution in [0, 0.1) is 0 Å². The normalized spacial score (nSPS) is 13.2. The highest BCUT2D eigenvalue weighted by atomic mass is 16.3. The zero-order valence-corrected chi connectivity index (χ0v) is 30.4. The van der Waals surface area contributed by atoms with Crippen LogP contribution in [0.25, 0.3) is 0 Å². The van der Waals surface area contributed by atoms with E-state index in [2.05, 4.69) is 43.5 Å². The highest BCUT2D eigenvalue weighted by molar-refractivity contribution is 5.76. The fourth-order valence-corrected chi connectivity index (χ4v) is 6.12. The van der Waals surface area contributed by atoms with Crippen molar-refractivity contribution in [2.75, 3.05) is 6.61 Å². The molecule has 0 aromatic rings. The fourth-order valence-electron chi connectivity index (χ4n) is 6.12. The van der Waals surface area contributed by atoms with E-state index < -0.39 is 12.1 Å². The summed E-state index contributed by atoms with van der Waals surface area (Å²) >= 11 is 0. The molecule has 0 bridgehead atoms. The molecule has 0 aromatic carbocycles. The van der Waals surface area contributed by atoms with Gasteiger partial charge in [0.2, 0.25) is 5.91 Å². The van der Waals surface area contributed by atoms with Gasteiger partial charge in [-0.3, -0.25) is 4.79 Å². The van der Waals surface area contributed by atoms with Crippen LogP contribution >= 0.6 is 0 Å². The van der Waals surface area contributed by atoms with E-state index in [9.17, 15) is 15.0 Å². The number of carbonyl (C=O) groups excluding carboxylic acids is 1. The Hall–Kier alpha value is -1.13. The number of aliphatic hydroxyl groups excluding tert-OH is 2. The van der Waals surface area contributed by atoms with Crippen molar-refractivity contribution in [3.8, 4) is 0 Å². The maximum absolute atomic E-state index is 12.3. The molecule has 3 N–H and O–H groups in total. The van der Waals surface area contributed by atoms with E-state index in [1.165, 1.54) is 154 Å². The summed E-state index contributed by atoms with van der Waals surface area (Å²) in [5.74, 6) is -0.0973. The van der Waals surface area contributed by atoms with Gasteiger partial charge in [0.25, 0.3) is 0 Å². The Bertz CT molecular complexity index is 647. The number of hydrogen-bond donors (Lipinski definition) is 3. The monoisotopic (exact) mass is 634 g/mol. The van der Waals surface area contributed by atoms with Crippen LogP contribution in [0.15, 0.2) is 24.3 Å². The first-order valence-electron chi connectivity index (χ1n) is 20.0. The molecule has 2 atom stereocenters. The SMILES string of the molecule is CCCCCCCC/C=C\C/C=C\CCC(=O)NC(CO)C(O)CCCCCCCCCCCCCCCCCCCCCC. The molecule has 2 unspecified atom stereocenters. The standard InChI is InChI=1S/C41H79NO3/c1-3-5-7-9-11-13-15-17-18-19-20-21-22-23-25-26-28-30-32-34-36-40(44)39(38-43)42-41(45)37-35-33-31-29-27-24-16-14-12-10-8-6-4-2/h24,27,31,33,39-40,43-44H,3-23,25-26,28-30,32,34-38H2,1-2H3,(H,42,45)/b27-24-,33-31-. The maximum Gasteiger partial charge on any atom is 0.220 e. The Balaban J connectivity index is 3.56. The maximum atomic E-state index is 12.3. The molecule has 0 saturated heterocycles. The predicted molar refractivity (Wildman–Crippen MR) is 198 cm³/mol.